The molecular weight excluding hydrogens is 278 g/mol. The van der Waals surface area contributed by atoms with E-state index in [4.69, 9.17) is 11.4 Å². The van der Waals surface area contributed by atoms with Crippen molar-refractivity contribution in [2.45, 2.75) is 40.0 Å². The number of hydrogen-bond donors (Lipinski definition) is 0. The Morgan fingerprint density at radius 1 is 1.43 bits per heavy atom. The van der Waals surface area contributed by atoms with E-state index in [0.29, 0.717) is 16.2 Å². The van der Waals surface area contributed by atoms with Crippen LogP contribution >= 0.6 is 11.3 Å². The minimum absolute atomic E-state index is 0.247. The number of fused-ring (bicyclic) bond motifs is 2. The Morgan fingerprint density at radius 3 is 2.86 bits per heavy atom. The van der Waals surface area contributed by atoms with Crippen LogP contribution in [0.3, 0.4) is 0 Å². The van der Waals surface area contributed by atoms with Gasteiger partial charge in [-0.25, -0.2) is 4.98 Å². The molecule has 2 heterocycles. The van der Waals surface area contributed by atoms with Crippen molar-refractivity contribution in [3.8, 4) is 12.3 Å². The molecule has 0 spiro atoms. The van der Waals surface area contributed by atoms with Crippen LogP contribution in [0.2, 0.25) is 0 Å². The standard InChI is InChI=1S/C18H19NOS/c1-5-15(20)16-10-12-8-11-9-13(18(2,3)4)6-7-14(11)19-17(12)21-16/h1,8,10,13H,6-7,9H2,2-4H3/t13-/m0/s1. The van der Waals surface area contributed by atoms with E-state index in [1.54, 1.807) is 0 Å². The van der Waals surface area contributed by atoms with Crippen molar-refractivity contribution in [3.05, 3.63) is 28.3 Å². The highest BCUT2D eigenvalue weighted by atomic mass is 32.1. The molecule has 1 aliphatic carbocycles. The van der Waals surface area contributed by atoms with Crippen LogP contribution in [-0.4, -0.2) is 10.8 Å². The molecule has 0 N–H and O–H groups in total. The van der Waals surface area contributed by atoms with Crippen LogP contribution in [-0.2, 0) is 12.8 Å². The van der Waals surface area contributed by atoms with Gasteiger partial charge in [-0.05, 0) is 54.2 Å². The first-order chi connectivity index (χ1) is 9.88. The summed E-state index contributed by atoms with van der Waals surface area (Å²) in [4.78, 5) is 18.0. The third kappa shape index (κ3) is 2.61. The van der Waals surface area contributed by atoms with Gasteiger partial charge in [-0.2, -0.15) is 0 Å². The number of thiophene rings is 1. The van der Waals surface area contributed by atoms with Crippen LogP contribution < -0.4 is 0 Å². The average Bonchev–Trinajstić information content (AvgIpc) is 2.84. The average molecular weight is 297 g/mol. The number of carbonyl (C=O) groups is 1. The van der Waals surface area contributed by atoms with Gasteiger partial charge in [-0.3, -0.25) is 4.79 Å². The Morgan fingerprint density at radius 2 is 2.19 bits per heavy atom. The van der Waals surface area contributed by atoms with Gasteiger partial charge in [0.05, 0.1) is 4.88 Å². The highest BCUT2D eigenvalue weighted by Gasteiger charge is 2.29. The third-order valence-corrected chi connectivity index (χ3v) is 5.50. The summed E-state index contributed by atoms with van der Waals surface area (Å²) < 4.78 is 0. The van der Waals surface area contributed by atoms with Gasteiger partial charge in [0.1, 0.15) is 4.83 Å². The Balaban J connectivity index is 2.02. The minimum Gasteiger partial charge on any atom is -0.278 e. The molecule has 3 rings (SSSR count). The lowest BCUT2D eigenvalue weighted by molar-refractivity contribution is 0.106. The lowest BCUT2D eigenvalue weighted by Crippen LogP contribution is -2.27. The summed E-state index contributed by atoms with van der Waals surface area (Å²) in [5.41, 5.74) is 2.86. The molecule has 0 aromatic carbocycles. The third-order valence-electron chi connectivity index (χ3n) is 4.45. The van der Waals surface area contributed by atoms with Crippen molar-refractivity contribution >= 4 is 27.3 Å². The van der Waals surface area contributed by atoms with Gasteiger partial charge in [-0.15, -0.1) is 17.8 Å². The molecule has 3 heteroatoms. The smallest absolute Gasteiger partial charge is 0.245 e. The van der Waals surface area contributed by atoms with E-state index in [1.165, 1.54) is 29.0 Å². The van der Waals surface area contributed by atoms with Crippen LogP contribution in [0.25, 0.3) is 10.2 Å². The van der Waals surface area contributed by atoms with Crippen LogP contribution in [0.15, 0.2) is 12.1 Å². The first kappa shape index (κ1) is 14.3. The van der Waals surface area contributed by atoms with Crippen LogP contribution in [0, 0.1) is 23.7 Å². The number of hydrogen-bond acceptors (Lipinski definition) is 3. The van der Waals surface area contributed by atoms with Gasteiger partial charge in [0.25, 0.3) is 0 Å². The van der Waals surface area contributed by atoms with Gasteiger partial charge in [0.2, 0.25) is 5.78 Å². The first-order valence-corrected chi connectivity index (χ1v) is 8.13. The Hall–Kier alpha value is -1.66. The monoisotopic (exact) mass is 297 g/mol. The summed E-state index contributed by atoms with van der Waals surface area (Å²) in [5.74, 6) is 2.63. The van der Waals surface area contributed by atoms with Crippen molar-refractivity contribution < 1.29 is 4.79 Å². The molecule has 1 aliphatic rings. The zero-order chi connectivity index (χ0) is 15.2. The maximum Gasteiger partial charge on any atom is 0.245 e. The summed E-state index contributed by atoms with van der Waals surface area (Å²) in [5, 5.41) is 1.05. The summed E-state index contributed by atoms with van der Waals surface area (Å²) >= 11 is 1.41. The number of aryl methyl sites for hydroxylation is 1. The zero-order valence-corrected chi connectivity index (χ0v) is 13.5. The largest absolute Gasteiger partial charge is 0.278 e. The van der Waals surface area contributed by atoms with E-state index in [0.717, 1.165) is 23.1 Å². The molecule has 2 nitrogen and oxygen atoms in total. The summed E-state index contributed by atoms with van der Waals surface area (Å²) in [6.45, 7) is 6.93. The molecule has 2 aromatic rings. The predicted octanol–water partition coefficient (Wildman–Crippen LogP) is 4.26. The van der Waals surface area contributed by atoms with Crippen molar-refractivity contribution in [2.24, 2.45) is 11.3 Å². The molecule has 0 amide bonds. The highest BCUT2D eigenvalue weighted by Crippen LogP contribution is 2.38. The molecule has 0 aliphatic heterocycles. The number of nitrogens with zero attached hydrogens (tertiary/aromatic N) is 1. The number of terminal acetylenes is 1. The number of ketones is 1. The fourth-order valence-corrected chi connectivity index (χ4v) is 3.98. The van der Waals surface area contributed by atoms with Gasteiger partial charge in [-0.1, -0.05) is 20.8 Å². The minimum atomic E-state index is -0.247. The summed E-state index contributed by atoms with van der Waals surface area (Å²) in [6, 6.07) is 4.09. The van der Waals surface area contributed by atoms with Gasteiger partial charge in [0, 0.05) is 11.1 Å². The predicted molar refractivity (Wildman–Crippen MR) is 87.8 cm³/mol. The summed E-state index contributed by atoms with van der Waals surface area (Å²) in [7, 11) is 0. The van der Waals surface area contributed by atoms with E-state index in [2.05, 4.69) is 32.8 Å². The fourth-order valence-electron chi connectivity index (χ4n) is 3.05. The number of pyridine rings is 1. The van der Waals surface area contributed by atoms with Crippen molar-refractivity contribution in [2.75, 3.05) is 0 Å². The molecule has 1 atom stereocenters. The summed E-state index contributed by atoms with van der Waals surface area (Å²) in [6.07, 6.45) is 8.50. The molecule has 21 heavy (non-hydrogen) atoms. The molecule has 108 valence electrons. The molecule has 0 saturated carbocycles. The zero-order valence-electron chi connectivity index (χ0n) is 12.7. The highest BCUT2D eigenvalue weighted by molar-refractivity contribution is 7.20. The number of carbonyl (C=O) groups excluding carboxylic acids is 1. The van der Waals surface area contributed by atoms with E-state index in [1.807, 2.05) is 6.07 Å². The Bertz CT molecular complexity index is 758. The quantitative estimate of drug-likeness (QED) is 0.447. The Kier molecular flexibility index (Phi) is 3.37. The van der Waals surface area contributed by atoms with Gasteiger partial charge >= 0.3 is 0 Å². The van der Waals surface area contributed by atoms with E-state index < -0.39 is 0 Å². The van der Waals surface area contributed by atoms with Crippen LogP contribution in [0.1, 0.15) is 48.1 Å². The molecule has 0 unspecified atom stereocenters. The molecule has 0 fully saturated rings. The molecule has 2 aromatic heterocycles. The molecular formula is C18H19NOS. The maximum absolute atomic E-state index is 11.6. The normalized spacial score (nSPS) is 18.3. The topological polar surface area (TPSA) is 30.0 Å². The lowest BCUT2D eigenvalue weighted by atomic mass is 9.71. The van der Waals surface area contributed by atoms with Crippen LogP contribution in [0.4, 0.5) is 0 Å². The molecule has 0 bridgehead atoms. The second-order valence-corrected chi connectivity index (χ2v) is 7.91. The van der Waals surface area contributed by atoms with E-state index in [9.17, 15) is 4.79 Å². The van der Waals surface area contributed by atoms with Crippen molar-refractivity contribution in [1.29, 1.82) is 0 Å². The van der Waals surface area contributed by atoms with Gasteiger partial charge < -0.3 is 0 Å². The van der Waals surface area contributed by atoms with Crippen molar-refractivity contribution in [3.63, 3.8) is 0 Å². The Labute approximate surface area is 129 Å². The molecule has 0 saturated heterocycles. The fraction of sp³-hybridized carbons (Fsp3) is 0.444. The maximum atomic E-state index is 11.6. The van der Waals surface area contributed by atoms with E-state index in [-0.39, 0.29) is 5.78 Å². The van der Waals surface area contributed by atoms with E-state index >= 15 is 0 Å². The second-order valence-electron chi connectivity index (χ2n) is 6.88. The number of rotatable bonds is 1. The lowest BCUT2D eigenvalue weighted by Gasteiger charge is -2.34. The van der Waals surface area contributed by atoms with Gasteiger partial charge in [0.15, 0.2) is 0 Å². The molecule has 0 radical (unpaired) electrons. The van der Waals surface area contributed by atoms with Crippen molar-refractivity contribution in [1.82, 2.24) is 4.98 Å². The number of Topliss-reactive ketones (excluding diaryl/α,β-unsaturated/α-hetero) is 1. The SMILES string of the molecule is C#CC(=O)c1cc2cc3c(nc2s1)CC[C@H](C(C)(C)C)C3. The second kappa shape index (κ2) is 4.96. The van der Waals surface area contributed by atoms with Crippen LogP contribution in [0.5, 0.6) is 0 Å². The first-order valence-electron chi connectivity index (χ1n) is 7.32. The number of aromatic nitrogens is 1.